The van der Waals surface area contributed by atoms with Crippen molar-refractivity contribution in [2.75, 3.05) is 18.0 Å². The van der Waals surface area contributed by atoms with Gasteiger partial charge in [0.2, 0.25) is 5.91 Å². The average Bonchev–Trinajstić information content (AvgIpc) is 2.91. The molecule has 1 aliphatic rings. The number of nitrogens with one attached hydrogen (secondary N) is 1. The minimum Gasteiger partial charge on any atom is -0.351 e. The van der Waals surface area contributed by atoms with Crippen molar-refractivity contribution in [3.05, 3.63) is 106 Å². The maximum atomic E-state index is 13.8. The van der Waals surface area contributed by atoms with Crippen LogP contribution in [-0.4, -0.2) is 28.5 Å². The molecule has 6 nitrogen and oxygen atoms in total. The molecule has 0 aliphatic carbocycles. The summed E-state index contributed by atoms with van der Waals surface area (Å²) >= 11 is 0. The number of benzene rings is 3. The van der Waals surface area contributed by atoms with E-state index in [1.807, 2.05) is 71.0 Å². The van der Waals surface area contributed by atoms with Crippen LogP contribution in [0.25, 0.3) is 11.0 Å². The molecule has 0 spiro atoms. The number of nitrogens with zero attached hydrogens (tertiary/aromatic N) is 3. The number of amides is 1. The van der Waals surface area contributed by atoms with E-state index in [4.69, 9.17) is 4.98 Å². The van der Waals surface area contributed by atoms with Gasteiger partial charge in [-0.3, -0.25) is 14.2 Å². The summed E-state index contributed by atoms with van der Waals surface area (Å²) < 4.78 is 1.81. The van der Waals surface area contributed by atoms with Crippen molar-refractivity contribution >= 4 is 22.8 Å². The summed E-state index contributed by atoms with van der Waals surface area (Å²) in [5, 5.41) is 3.16. The Bertz CT molecular complexity index is 1410. The van der Waals surface area contributed by atoms with E-state index >= 15 is 0 Å². The minimum absolute atomic E-state index is 0.0248. The van der Waals surface area contributed by atoms with Crippen molar-refractivity contribution < 1.29 is 4.79 Å². The maximum absolute atomic E-state index is 13.8. The van der Waals surface area contributed by atoms with Crippen LogP contribution in [0, 0.1) is 12.8 Å². The SMILES string of the molecule is Cc1ccc(Cn2c(=O)c(N3CCC[C@@H](C(=O)N[C@@H](C)c4ccccc4)C3)nc3ccccc32)cc1. The fourth-order valence-corrected chi connectivity index (χ4v) is 4.96. The van der Waals surface area contributed by atoms with Crippen molar-refractivity contribution in [2.45, 2.75) is 39.3 Å². The fourth-order valence-electron chi connectivity index (χ4n) is 4.96. The quantitative estimate of drug-likeness (QED) is 0.429. The second-order valence-corrected chi connectivity index (χ2v) is 9.73. The Balaban J connectivity index is 1.41. The fraction of sp³-hybridized carbons (Fsp3) is 0.300. The van der Waals surface area contributed by atoms with Crippen LogP contribution in [-0.2, 0) is 11.3 Å². The summed E-state index contributed by atoms with van der Waals surface area (Å²) in [7, 11) is 0. The van der Waals surface area contributed by atoms with Crippen LogP contribution in [0.1, 0.15) is 42.5 Å². The van der Waals surface area contributed by atoms with E-state index in [1.165, 1.54) is 5.56 Å². The van der Waals surface area contributed by atoms with Gasteiger partial charge in [-0.2, -0.15) is 0 Å². The van der Waals surface area contributed by atoms with E-state index in [9.17, 15) is 9.59 Å². The molecule has 6 heteroatoms. The largest absolute Gasteiger partial charge is 0.351 e. The molecule has 1 fully saturated rings. The highest BCUT2D eigenvalue weighted by Gasteiger charge is 2.29. The molecular weight excluding hydrogens is 448 g/mol. The third-order valence-corrected chi connectivity index (χ3v) is 7.05. The van der Waals surface area contributed by atoms with Crippen molar-refractivity contribution in [3.63, 3.8) is 0 Å². The Morgan fingerprint density at radius 3 is 2.53 bits per heavy atom. The van der Waals surface area contributed by atoms with Gasteiger partial charge in [-0.25, -0.2) is 4.98 Å². The predicted octanol–water partition coefficient (Wildman–Crippen LogP) is 4.85. The molecule has 0 bridgehead atoms. The van der Waals surface area contributed by atoms with E-state index < -0.39 is 0 Å². The summed E-state index contributed by atoms with van der Waals surface area (Å²) in [5.41, 5.74) is 4.81. The monoisotopic (exact) mass is 480 g/mol. The smallest absolute Gasteiger partial charge is 0.294 e. The van der Waals surface area contributed by atoms with Crippen LogP contribution >= 0.6 is 0 Å². The molecule has 4 aromatic rings. The number of para-hydroxylation sites is 2. The first-order valence-electron chi connectivity index (χ1n) is 12.6. The number of anilines is 1. The highest BCUT2D eigenvalue weighted by Crippen LogP contribution is 2.23. The molecule has 184 valence electrons. The lowest BCUT2D eigenvalue weighted by atomic mass is 9.96. The van der Waals surface area contributed by atoms with E-state index in [0.717, 1.165) is 35.0 Å². The van der Waals surface area contributed by atoms with Crippen molar-refractivity contribution in [2.24, 2.45) is 5.92 Å². The second kappa shape index (κ2) is 10.4. The van der Waals surface area contributed by atoms with E-state index in [1.54, 1.807) is 0 Å². The Labute approximate surface area is 211 Å². The molecular formula is C30H32N4O2. The highest BCUT2D eigenvalue weighted by atomic mass is 16.2. The molecule has 1 amide bonds. The highest BCUT2D eigenvalue weighted by molar-refractivity contribution is 5.80. The number of hydrogen-bond acceptors (Lipinski definition) is 4. The van der Waals surface area contributed by atoms with Crippen LogP contribution in [0.2, 0.25) is 0 Å². The van der Waals surface area contributed by atoms with Gasteiger partial charge < -0.3 is 10.2 Å². The number of aromatic nitrogens is 2. The first kappa shape index (κ1) is 23.8. The zero-order chi connectivity index (χ0) is 25.1. The summed E-state index contributed by atoms with van der Waals surface area (Å²) in [6.07, 6.45) is 1.64. The molecule has 2 atom stereocenters. The Kier molecular flexibility index (Phi) is 6.85. The maximum Gasteiger partial charge on any atom is 0.294 e. The Morgan fingerprint density at radius 1 is 1.03 bits per heavy atom. The third kappa shape index (κ3) is 5.03. The van der Waals surface area contributed by atoms with E-state index in [0.29, 0.717) is 25.5 Å². The van der Waals surface area contributed by atoms with Crippen LogP contribution < -0.4 is 15.8 Å². The van der Waals surface area contributed by atoms with Gasteiger partial charge in [0.1, 0.15) is 0 Å². The first-order chi connectivity index (χ1) is 17.5. The van der Waals surface area contributed by atoms with Gasteiger partial charge in [0.25, 0.3) is 5.56 Å². The molecule has 1 N–H and O–H groups in total. The molecule has 5 rings (SSSR count). The Morgan fingerprint density at radius 2 is 1.75 bits per heavy atom. The van der Waals surface area contributed by atoms with Crippen LogP contribution in [0.5, 0.6) is 0 Å². The van der Waals surface area contributed by atoms with Gasteiger partial charge in [-0.05, 0) is 49.9 Å². The van der Waals surface area contributed by atoms with Gasteiger partial charge in [0.15, 0.2) is 5.82 Å². The number of carbonyl (C=O) groups excluding carboxylic acids is 1. The number of fused-ring (bicyclic) bond motifs is 1. The average molecular weight is 481 g/mol. The zero-order valence-corrected chi connectivity index (χ0v) is 20.9. The molecule has 36 heavy (non-hydrogen) atoms. The van der Waals surface area contributed by atoms with Gasteiger partial charge in [0.05, 0.1) is 29.5 Å². The molecule has 3 aromatic carbocycles. The number of piperidine rings is 1. The van der Waals surface area contributed by atoms with Gasteiger partial charge in [-0.1, -0.05) is 72.3 Å². The topological polar surface area (TPSA) is 67.2 Å². The number of aryl methyl sites for hydroxylation is 1. The van der Waals surface area contributed by atoms with Crippen LogP contribution in [0.15, 0.2) is 83.7 Å². The van der Waals surface area contributed by atoms with Gasteiger partial charge in [-0.15, -0.1) is 0 Å². The van der Waals surface area contributed by atoms with Crippen molar-refractivity contribution in [1.29, 1.82) is 0 Å². The molecule has 0 saturated carbocycles. The summed E-state index contributed by atoms with van der Waals surface area (Å²) in [6.45, 7) is 5.73. The van der Waals surface area contributed by atoms with E-state index in [2.05, 4.69) is 36.5 Å². The molecule has 1 aromatic heterocycles. The van der Waals surface area contributed by atoms with Gasteiger partial charge in [0, 0.05) is 13.1 Å². The normalized spacial score (nSPS) is 16.6. The number of carbonyl (C=O) groups is 1. The summed E-state index contributed by atoms with van der Waals surface area (Å²) in [6, 6.07) is 25.9. The number of rotatable bonds is 6. The lowest BCUT2D eigenvalue weighted by Gasteiger charge is -2.33. The van der Waals surface area contributed by atoms with Gasteiger partial charge >= 0.3 is 0 Å². The predicted molar refractivity (Wildman–Crippen MR) is 144 cm³/mol. The summed E-state index contributed by atoms with van der Waals surface area (Å²) in [4.78, 5) is 33.7. The third-order valence-electron chi connectivity index (χ3n) is 7.05. The Hall–Kier alpha value is -3.93. The first-order valence-corrected chi connectivity index (χ1v) is 12.6. The van der Waals surface area contributed by atoms with Crippen LogP contribution in [0.3, 0.4) is 0 Å². The second-order valence-electron chi connectivity index (χ2n) is 9.73. The molecule has 0 unspecified atom stereocenters. The number of hydrogen-bond donors (Lipinski definition) is 1. The molecule has 2 heterocycles. The van der Waals surface area contributed by atoms with Crippen molar-refractivity contribution in [1.82, 2.24) is 14.9 Å². The lowest BCUT2D eigenvalue weighted by Crippen LogP contribution is -2.46. The summed E-state index contributed by atoms with van der Waals surface area (Å²) in [5.74, 6) is 0.259. The standard InChI is InChI=1S/C30H32N4O2/c1-21-14-16-23(17-15-21)19-34-27-13-7-6-12-26(27)32-28(30(34)36)33-18-8-11-25(20-33)29(35)31-22(2)24-9-4-3-5-10-24/h3-7,9-10,12-17,22,25H,8,11,18-20H2,1-2H3,(H,31,35)/t22-,25+/m0/s1. The molecule has 1 aliphatic heterocycles. The minimum atomic E-state index is -0.192. The lowest BCUT2D eigenvalue weighted by molar-refractivity contribution is -0.125. The van der Waals surface area contributed by atoms with Crippen molar-refractivity contribution in [3.8, 4) is 0 Å². The molecule has 0 radical (unpaired) electrons. The molecule has 1 saturated heterocycles. The van der Waals surface area contributed by atoms with Crippen LogP contribution in [0.4, 0.5) is 5.82 Å². The van der Waals surface area contributed by atoms with E-state index in [-0.39, 0.29) is 23.4 Å². The zero-order valence-electron chi connectivity index (χ0n) is 20.9.